The van der Waals surface area contributed by atoms with E-state index in [4.69, 9.17) is 5.11 Å². The molecule has 1 aliphatic heterocycles. The van der Waals surface area contributed by atoms with Crippen LogP contribution >= 0.6 is 0 Å². The summed E-state index contributed by atoms with van der Waals surface area (Å²) in [5.41, 5.74) is 0. The molecule has 2 N–H and O–H groups in total. The van der Waals surface area contributed by atoms with Crippen molar-refractivity contribution in [2.45, 2.75) is 39.2 Å². The maximum Gasteiger partial charge on any atom is 0.326 e. The number of carbonyl (C=O) groups excluding carboxylic acids is 1. The Morgan fingerprint density at radius 2 is 2.00 bits per heavy atom. The van der Waals surface area contributed by atoms with E-state index in [2.05, 4.69) is 12.2 Å². The summed E-state index contributed by atoms with van der Waals surface area (Å²) in [6, 6.07) is -1.02. The molecular weight excluding hydrogens is 208 g/mol. The highest BCUT2D eigenvalue weighted by Crippen LogP contribution is 2.15. The molecule has 5 nitrogen and oxygen atoms in total. The Balaban J connectivity index is 2.42. The van der Waals surface area contributed by atoms with Gasteiger partial charge in [-0.25, -0.2) is 9.59 Å². The molecule has 1 atom stereocenters. The van der Waals surface area contributed by atoms with E-state index in [0.717, 1.165) is 25.9 Å². The highest BCUT2D eigenvalue weighted by Gasteiger charge is 2.24. The van der Waals surface area contributed by atoms with Gasteiger partial charge in [-0.15, -0.1) is 0 Å². The fourth-order valence-corrected chi connectivity index (χ4v) is 1.79. The van der Waals surface area contributed by atoms with Crippen molar-refractivity contribution in [2.75, 3.05) is 13.1 Å². The third-order valence-corrected chi connectivity index (χ3v) is 3.07. The molecular formula is C11H20N2O3. The maximum atomic E-state index is 11.7. The lowest BCUT2D eigenvalue weighted by Crippen LogP contribution is -2.49. The minimum atomic E-state index is -0.971. The minimum Gasteiger partial charge on any atom is -0.480 e. The second kappa shape index (κ2) is 5.72. The normalized spacial score (nSPS) is 19.2. The number of aliphatic carboxylic acids is 1. The average Bonchev–Trinajstić information content (AvgIpc) is 2.26. The van der Waals surface area contributed by atoms with E-state index >= 15 is 0 Å². The first-order valence-corrected chi connectivity index (χ1v) is 5.82. The molecule has 0 saturated carbocycles. The first kappa shape index (κ1) is 12.8. The number of nitrogens with zero attached hydrogens (tertiary/aromatic N) is 1. The fraction of sp³-hybridized carbons (Fsp3) is 0.818. The second-order valence-corrected chi connectivity index (χ2v) is 4.42. The number of carbonyl (C=O) groups is 2. The molecule has 16 heavy (non-hydrogen) atoms. The van der Waals surface area contributed by atoms with Crippen molar-refractivity contribution in [3.8, 4) is 0 Å². The third-order valence-electron chi connectivity index (χ3n) is 3.07. The largest absolute Gasteiger partial charge is 0.480 e. The number of amides is 2. The highest BCUT2D eigenvalue weighted by atomic mass is 16.4. The molecule has 0 bridgehead atoms. The van der Waals surface area contributed by atoms with Gasteiger partial charge in [0.2, 0.25) is 0 Å². The Hall–Kier alpha value is -1.26. The minimum absolute atomic E-state index is 0.249. The van der Waals surface area contributed by atoms with E-state index in [9.17, 15) is 9.59 Å². The first-order chi connectivity index (χ1) is 7.54. The predicted octanol–water partition coefficient (Wildman–Crippen LogP) is 1.29. The number of rotatable bonds is 3. The zero-order valence-corrected chi connectivity index (χ0v) is 9.90. The molecule has 1 rings (SSSR count). The van der Waals surface area contributed by atoms with Gasteiger partial charge in [-0.2, -0.15) is 0 Å². The van der Waals surface area contributed by atoms with Gasteiger partial charge in [0.15, 0.2) is 0 Å². The third kappa shape index (κ3) is 3.40. The summed E-state index contributed by atoms with van der Waals surface area (Å²) in [6.45, 7) is 5.37. The number of nitrogens with one attached hydrogen (secondary N) is 1. The second-order valence-electron chi connectivity index (χ2n) is 4.42. The molecule has 0 unspecified atom stereocenters. The van der Waals surface area contributed by atoms with Gasteiger partial charge in [0.1, 0.15) is 6.04 Å². The van der Waals surface area contributed by atoms with Crippen molar-refractivity contribution in [1.29, 1.82) is 0 Å². The van der Waals surface area contributed by atoms with E-state index in [-0.39, 0.29) is 6.03 Å². The molecule has 2 amide bonds. The Kier molecular flexibility index (Phi) is 4.58. The molecule has 1 heterocycles. The first-order valence-electron chi connectivity index (χ1n) is 5.82. The van der Waals surface area contributed by atoms with Crippen LogP contribution in [0, 0.1) is 5.92 Å². The van der Waals surface area contributed by atoms with Gasteiger partial charge in [-0.3, -0.25) is 0 Å². The van der Waals surface area contributed by atoms with Gasteiger partial charge < -0.3 is 15.3 Å². The lowest BCUT2D eigenvalue weighted by Gasteiger charge is -2.31. The highest BCUT2D eigenvalue weighted by molar-refractivity contribution is 5.82. The quantitative estimate of drug-likeness (QED) is 0.764. The topological polar surface area (TPSA) is 69.6 Å². The lowest BCUT2D eigenvalue weighted by molar-refractivity contribution is -0.139. The number of piperidine rings is 1. The number of likely N-dealkylation sites (tertiary alicyclic amines) is 1. The van der Waals surface area contributed by atoms with Crippen LogP contribution in [0.4, 0.5) is 4.79 Å². The summed E-state index contributed by atoms with van der Waals surface area (Å²) in [5, 5.41) is 11.4. The van der Waals surface area contributed by atoms with E-state index < -0.39 is 12.0 Å². The van der Waals surface area contributed by atoms with Crippen LogP contribution in [0.25, 0.3) is 0 Å². The zero-order chi connectivity index (χ0) is 12.1. The molecule has 1 fully saturated rings. The van der Waals surface area contributed by atoms with E-state index in [1.54, 1.807) is 11.8 Å². The van der Waals surface area contributed by atoms with Gasteiger partial charge in [0.25, 0.3) is 0 Å². The monoisotopic (exact) mass is 228 g/mol. The van der Waals surface area contributed by atoms with Crippen LogP contribution in [-0.4, -0.2) is 41.1 Å². The molecule has 92 valence electrons. The van der Waals surface area contributed by atoms with Gasteiger partial charge in [-0.05, 0) is 25.2 Å². The summed E-state index contributed by atoms with van der Waals surface area (Å²) in [5.74, 6) is -0.313. The molecule has 0 aliphatic carbocycles. The van der Waals surface area contributed by atoms with Crippen LogP contribution in [-0.2, 0) is 4.79 Å². The van der Waals surface area contributed by atoms with Crippen molar-refractivity contribution in [1.82, 2.24) is 10.2 Å². The summed E-state index contributed by atoms with van der Waals surface area (Å²) >= 11 is 0. The van der Waals surface area contributed by atoms with Gasteiger partial charge >= 0.3 is 12.0 Å². The SMILES string of the molecule is CC[C@@H](NC(=O)N1CCC(C)CC1)C(=O)O. The van der Waals surface area contributed by atoms with Crippen LogP contribution in [0.3, 0.4) is 0 Å². The van der Waals surface area contributed by atoms with Crippen LogP contribution in [0.5, 0.6) is 0 Å². The average molecular weight is 228 g/mol. The van der Waals surface area contributed by atoms with Crippen LogP contribution in [0.15, 0.2) is 0 Å². The van der Waals surface area contributed by atoms with Crippen LogP contribution in [0.2, 0.25) is 0 Å². The summed E-state index contributed by atoms with van der Waals surface area (Å²) in [4.78, 5) is 24.2. The number of hydrogen-bond acceptors (Lipinski definition) is 2. The summed E-state index contributed by atoms with van der Waals surface area (Å²) in [6.07, 6.45) is 2.40. The van der Waals surface area contributed by atoms with Gasteiger partial charge in [-0.1, -0.05) is 13.8 Å². The number of carboxylic acid groups (broad SMARTS) is 1. The maximum absolute atomic E-state index is 11.7. The van der Waals surface area contributed by atoms with E-state index in [1.807, 2.05) is 0 Å². The van der Waals surface area contributed by atoms with Crippen molar-refractivity contribution in [2.24, 2.45) is 5.92 Å². The fourth-order valence-electron chi connectivity index (χ4n) is 1.79. The van der Waals surface area contributed by atoms with Gasteiger partial charge in [0, 0.05) is 13.1 Å². The van der Waals surface area contributed by atoms with E-state index in [0.29, 0.717) is 12.3 Å². The molecule has 1 saturated heterocycles. The van der Waals surface area contributed by atoms with Crippen molar-refractivity contribution in [3.05, 3.63) is 0 Å². The van der Waals surface area contributed by atoms with Crippen molar-refractivity contribution >= 4 is 12.0 Å². The van der Waals surface area contributed by atoms with Gasteiger partial charge in [0.05, 0.1) is 0 Å². The lowest BCUT2D eigenvalue weighted by atomic mass is 10.00. The molecule has 0 spiro atoms. The zero-order valence-electron chi connectivity index (χ0n) is 9.90. The summed E-state index contributed by atoms with van der Waals surface area (Å²) in [7, 11) is 0. The molecule has 0 radical (unpaired) electrons. The van der Waals surface area contributed by atoms with Crippen molar-refractivity contribution in [3.63, 3.8) is 0 Å². The smallest absolute Gasteiger partial charge is 0.326 e. The van der Waals surface area contributed by atoms with Crippen molar-refractivity contribution < 1.29 is 14.7 Å². The Morgan fingerprint density at radius 3 is 2.44 bits per heavy atom. The number of carboxylic acids is 1. The molecule has 1 aliphatic rings. The number of urea groups is 1. The standard InChI is InChI=1S/C11H20N2O3/c1-3-9(10(14)15)12-11(16)13-6-4-8(2)5-7-13/h8-9H,3-7H2,1-2H3,(H,12,16)(H,14,15)/t9-/m1/s1. The molecule has 5 heteroatoms. The summed E-state index contributed by atoms with van der Waals surface area (Å²) < 4.78 is 0. The van der Waals surface area contributed by atoms with E-state index in [1.165, 1.54) is 0 Å². The Bertz CT molecular complexity index is 260. The predicted molar refractivity (Wildman–Crippen MR) is 60.2 cm³/mol. The molecule has 0 aromatic rings. The van der Waals surface area contributed by atoms with Crippen LogP contribution in [0.1, 0.15) is 33.1 Å². The molecule has 0 aromatic carbocycles. The van der Waals surface area contributed by atoms with Crippen LogP contribution < -0.4 is 5.32 Å². The Labute approximate surface area is 95.8 Å². The molecule has 0 aromatic heterocycles. The Morgan fingerprint density at radius 1 is 1.44 bits per heavy atom. The number of hydrogen-bond donors (Lipinski definition) is 2.